The Balaban J connectivity index is 1.28. The molecule has 0 unspecified atom stereocenters. The molecule has 2 aliphatic rings. The van der Waals surface area contributed by atoms with E-state index in [1.54, 1.807) is 6.07 Å². The predicted octanol–water partition coefficient (Wildman–Crippen LogP) is 3.69. The van der Waals surface area contributed by atoms with Crippen LogP contribution in [0.25, 0.3) is 0 Å². The zero-order valence-corrected chi connectivity index (χ0v) is 15.9. The van der Waals surface area contributed by atoms with Gasteiger partial charge in [-0.15, -0.1) is 0 Å². The number of anilines is 2. The Morgan fingerprint density at radius 1 is 1.07 bits per heavy atom. The van der Waals surface area contributed by atoms with E-state index in [4.69, 9.17) is 9.47 Å². The van der Waals surface area contributed by atoms with E-state index < -0.39 is 0 Å². The Kier molecular flexibility index (Phi) is 4.73. The Bertz CT molecular complexity index is 1040. The first-order valence-corrected chi connectivity index (χ1v) is 9.72. The van der Waals surface area contributed by atoms with Crippen molar-refractivity contribution in [2.45, 2.75) is 19.5 Å². The fourth-order valence-corrected chi connectivity index (χ4v) is 3.69. The molecule has 0 bridgehead atoms. The van der Waals surface area contributed by atoms with Crippen molar-refractivity contribution in [3.8, 4) is 11.5 Å². The van der Waals surface area contributed by atoms with Crippen molar-refractivity contribution in [1.29, 1.82) is 0 Å². The second-order valence-corrected chi connectivity index (χ2v) is 7.20. The van der Waals surface area contributed by atoms with Crippen LogP contribution in [0.5, 0.6) is 11.5 Å². The maximum Gasteiger partial charge on any atom is 0.227 e. The highest BCUT2D eigenvalue weighted by atomic mass is 19.1. The number of aromatic nitrogens is 2. The summed E-state index contributed by atoms with van der Waals surface area (Å²) in [7, 11) is 0. The third-order valence-electron chi connectivity index (χ3n) is 5.16. The lowest BCUT2D eigenvalue weighted by molar-refractivity contribution is 0.171. The number of halogens is 1. The van der Waals surface area contributed by atoms with Crippen molar-refractivity contribution in [3.63, 3.8) is 0 Å². The van der Waals surface area contributed by atoms with Crippen LogP contribution in [0.3, 0.4) is 0 Å². The number of benzene rings is 2. The fraction of sp³-hybridized carbons (Fsp3) is 0.273. The van der Waals surface area contributed by atoms with Crippen LogP contribution in [0.4, 0.5) is 16.0 Å². The van der Waals surface area contributed by atoms with Gasteiger partial charge in [0, 0.05) is 55.1 Å². The minimum Gasteiger partial charge on any atom is -0.486 e. The summed E-state index contributed by atoms with van der Waals surface area (Å²) in [6.07, 6.45) is 2.66. The van der Waals surface area contributed by atoms with Crippen molar-refractivity contribution in [1.82, 2.24) is 14.9 Å². The maximum absolute atomic E-state index is 13.9. The van der Waals surface area contributed by atoms with Gasteiger partial charge in [-0.25, -0.2) is 14.4 Å². The average molecular weight is 392 g/mol. The molecule has 0 atom stereocenters. The summed E-state index contributed by atoms with van der Waals surface area (Å²) in [6, 6.07) is 12.6. The second-order valence-electron chi connectivity index (χ2n) is 7.20. The lowest BCUT2D eigenvalue weighted by atomic mass is 10.1. The van der Waals surface area contributed by atoms with Gasteiger partial charge in [-0.1, -0.05) is 18.2 Å². The SMILES string of the molecule is Fc1ccccc1CN1CCc2nc(Nc3ccc4c(c3)OCCO4)ncc2C1. The van der Waals surface area contributed by atoms with Crippen molar-refractivity contribution < 1.29 is 13.9 Å². The molecule has 3 aromatic rings. The van der Waals surface area contributed by atoms with E-state index in [0.29, 0.717) is 37.8 Å². The van der Waals surface area contributed by atoms with Crippen LogP contribution < -0.4 is 14.8 Å². The molecule has 7 heteroatoms. The van der Waals surface area contributed by atoms with Crippen LogP contribution in [0.2, 0.25) is 0 Å². The van der Waals surface area contributed by atoms with Crippen molar-refractivity contribution in [2.24, 2.45) is 0 Å². The van der Waals surface area contributed by atoms with E-state index in [9.17, 15) is 4.39 Å². The van der Waals surface area contributed by atoms with Gasteiger partial charge < -0.3 is 14.8 Å². The third-order valence-corrected chi connectivity index (χ3v) is 5.16. The molecule has 0 aliphatic carbocycles. The summed E-state index contributed by atoms with van der Waals surface area (Å²) in [5, 5.41) is 3.24. The number of rotatable bonds is 4. The quantitative estimate of drug-likeness (QED) is 0.731. The van der Waals surface area contributed by atoms with Crippen LogP contribution in [0, 0.1) is 5.82 Å². The molecule has 3 heterocycles. The number of hydrogen-bond acceptors (Lipinski definition) is 6. The first-order chi connectivity index (χ1) is 14.2. The molecule has 5 rings (SSSR count). The van der Waals surface area contributed by atoms with E-state index in [2.05, 4.69) is 20.2 Å². The Hall–Kier alpha value is -3.19. The first kappa shape index (κ1) is 17.9. The summed E-state index contributed by atoms with van der Waals surface area (Å²) in [5.74, 6) is 1.88. The highest BCUT2D eigenvalue weighted by molar-refractivity contribution is 5.60. The third kappa shape index (κ3) is 3.86. The molecule has 2 aliphatic heterocycles. The van der Waals surface area contributed by atoms with E-state index in [-0.39, 0.29) is 5.82 Å². The van der Waals surface area contributed by atoms with Crippen LogP contribution >= 0.6 is 0 Å². The van der Waals surface area contributed by atoms with Gasteiger partial charge in [0.25, 0.3) is 0 Å². The molecule has 1 aromatic heterocycles. The van der Waals surface area contributed by atoms with Gasteiger partial charge in [0.1, 0.15) is 19.0 Å². The monoisotopic (exact) mass is 392 g/mol. The topological polar surface area (TPSA) is 59.5 Å². The highest BCUT2D eigenvalue weighted by Crippen LogP contribution is 2.33. The van der Waals surface area contributed by atoms with Gasteiger partial charge in [-0.3, -0.25) is 4.90 Å². The second kappa shape index (κ2) is 7.67. The minimum atomic E-state index is -0.159. The fourth-order valence-electron chi connectivity index (χ4n) is 3.69. The molecule has 0 spiro atoms. The summed E-state index contributed by atoms with van der Waals surface area (Å²) < 4.78 is 25.1. The van der Waals surface area contributed by atoms with Crippen LogP contribution in [0.15, 0.2) is 48.7 Å². The average Bonchev–Trinajstić information content (AvgIpc) is 2.75. The Labute approximate surface area is 168 Å². The molecular weight excluding hydrogens is 371 g/mol. The van der Waals surface area contributed by atoms with Gasteiger partial charge in [0.15, 0.2) is 11.5 Å². The van der Waals surface area contributed by atoms with Crippen molar-refractivity contribution in [3.05, 3.63) is 71.3 Å². The Morgan fingerprint density at radius 3 is 2.83 bits per heavy atom. The van der Waals surface area contributed by atoms with Crippen molar-refractivity contribution >= 4 is 11.6 Å². The summed E-state index contributed by atoms with van der Waals surface area (Å²) >= 11 is 0. The van der Waals surface area contributed by atoms with E-state index in [1.165, 1.54) is 6.07 Å². The van der Waals surface area contributed by atoms with Gasteiger partial charge >= 0.3 is 0 Å². The number of nitrogens with one attached hydrogen (secondary N) is 1. The van der Waals surface area contributed by atoms with Gasteiger partial charge in [0.2, 0.25) is 5.95 Å². The molecule has 0 saturated heterocycles. The molecule has 29 heavy (non-hydrogen) atoms. The molecule has 6 nitrogen and oxygen atoms in total. The lowest BCUT2D eigenvalue weighted by Crippen LogP contribution is -2.31. The molecule has 0 fully saturated rings. The van der Waals surface area contributed by atoms with E-state index in [0.717, 1.165) is 41.4 Å². The largest absolute Gasteiger partial charge is 0.486 e. The molecule has 1 N–H and O–H groups in total. The first-order valence-electron chi connectivity index (χ1n) is 9.72. The highest BCUT2D eigenvalue weighted by Gasteiger charge is 2.20. The maximum atomic E-state index is 13.9. The van der Waals surface area contributed by atoms with Crippen LogP contribution in [-0.4, -0.2) is 34.6 Å². The molecule has 2 aromatic carbocycles. The summed E-state index contributed by atoms with van der Waals surface area (Å²) in [6.45, 7) is 3.26. The van der Waals surface area contributed by atoms with Crippen LogP contribution in [-0.2, 0) is 19.5 Å². The van der Waals surface area contributed by atoms with Gasteiger partial charge in [-0.2, -0.15) is 0 Å². The van der Waals surface area contributed by atoms with Crippen LogP contribution in [0.1, 0.15) is 16.8 Å². The van der Waals surface area contributed by atoms with Gasteiger partial charge in [-0.05, 0) is 18.2 Å². The molecule has 0 saturated carbocycles. The summed E-state index contributed by atoms with van der Waals surface area (Å²) in [5.41, 5.74) is 3.69. The zero-order valence-electron chi connectivity index (χ0n) is 15.9. The number of ether oxygens (including phenoxy) is 2. The van der Waals surface area contributed by atoms with E-state index in [1.807, 2.05) is 36.5 Å². The smallest absolute Gasteiger partial charge is 0.227 e. The molecule has 0 amide bonds. The normalized spacial score (nSPS) is 15.6. The van der Waals surface area contributed by atoms with E-state index >= 15 is 0 Å². The number of nitrogens with zero attached hydrogens (tertiary/aromatic N) is 3. The Morgan fingerprint density at radius 2 is 1.93 bits per heavy atom. The lowest BCUT2D eigenvalue weighted by Gasteiger charge is -2.28. The molecule has 0 radical (unpaired) electrons. The number of hydrogen-bond donors (Lipinski definition) is 1. The standard InChI is InChI=1S/C22H21FN4O2/c23-18-4-2-1-3-15(18)13-27-8-7-19-16(14-27)12-24-22(26-19)25-17-5-6-20-21(11-17)29-10-9-28-20/h1-6,11-12H,7-10,13-14H2,(H,24,25,26). The molecular formula is C22H21FN4O2. The summed E-state index contributed by atoms with van der Waals surface area (Å²) in [4.78, 5) is 11.4. The number of fused-ring (bicyclic) bond motifs is 2. The van der Waals surface area contributed by atoms with Crippen molar-refractivity contribution in [2.75, 3.05) is 25.1 Å². The predicted molar refractivity (Wildman–Crippen MR) is 107 cm³/mol. The zero-order chi connectivity index (χ0) is 19.6. The van der Waals surface area contributed by atoms with Gasteiger partial charge in [0.05, 0.1) is 5.69 Å². The molecule has 148 valence electrons. The minimum absolute atomic E-state index is 0.159.